The highest BCUT2D eigenvalue weighted by molar-refractivity contribution is 5.86. The minimum atomic E-state index is -1.07. The molecule has 0 aliphatic rings. The zero-order valence-corrected chi connectivity index (χ0v) is 19.3. The average Bonchev–Trinajstić information content (AvgIpc) is 2.48. The van der Waals surface area contributed by atoms with E-state index < -0.39 is 41.0 Å². The topological polar surface area (TPSA) is 103 Å². The molecule has 0 bridgehead atoms. The number of anilines is 1. The Hall–Kier alpha value is -2.77. The summed E-state index contributed by atoms with van der Waals surface area (Å²) in [5, 5.41) is 5.17. The van der Waals surface area contributed by atoms with Gasteiger partial charge in [-0.1, -0.05) is 12.1 Å². The molecule has 2 N–H and O–H groups in total. The highest BCUT2D eigenvalue weighted by Gasteiger charge is 2.30. The van der Waals surface area contributed by atoms with E-state index in [9.17, 15) is 14.4 Å². The fraction of sp³-hybridized carbons (Fsp3) is 0.591. The predicted molar refractivity (Wildman–Crippen MR) is 114 cm³/mol. The van der Waals surface area contributed by atoms with Crippen LogP contribution in [0.15, 0.2) is 24.3 Å². The van der Waals surface area contributed by atoms with E-state index in [1.807, 2.05) is 0 Å². The molecule has 0 saturated heterocycles. The molecule has 0 aliphatic carbocycles. The number of nitrogens with one attached hydrogen (secondary N) is 2. The van der Waals surface area contributed by atoms with E-state index in [1.54, 1.807) is 86.6 Å². The molecule has 0 heterocycles. The molecule has 30 heavy (non-hydrogen) atoms. The highest BCUT2D eigenvalue weighted by Crippen LogP contribution is 2.22. The second-order valence-corrected chi connectivity index (χ2v) is 9.86. The standard InChI is InChI=1S/C22H34N2O6/c1-20(2,3)28-17(25)16(24-19(27)30-22(7,8)9)14-10-12-15(13-11-14)23-18(26)29-21(4,5)6/h10-13,16H,1-9H3,(H,23,26)(H,24,27). The molecule has 0 radical (unpaired) electrons. The summed E-state index contributed by atoms with van der Waals surface area (Å²) in [7, 11) is 0. The molecule has 8 heteroatoms. The van der Waals surface area contributed by atoms with Crippen LogP contribution in [0.2, 0.25) is 0 Å². The van der Waals surface area contributed by atoms with Crippen molar-refractivity contribution in [1.82, 2.24) is 5.32 Å². The maximum Gasteiger partial charge on any atom is 0.412 e. The first-order chi connectivity index (χ1) is 13.5. The van der Waals surface area contributed by atoms with E-state index in [1.165, 1.54) is 0 Å². The van der Waals surface area contributed by atoms with Gasteiger partial charge in [0.1, 0.15) is 16.8 Å². The lowest BCUT2D eigenvalue weighted by atomic mass is 10.1. The summed E-state index contributed by atoms with van der Waals surface area (Å²) in [6, 6.07) is 5.35. The Morgan fingerprint density at radius 1 is 0.700 bits per heavy atom. The van der Waals surface area contributed by atoms with Crippen LogP contribution in [-0.2, 0) is 19.0 Å². The smallest absolute Gasteiger partial charge is 0.412 e. The summed E-state index contributed by atoms with van der Waals surface area (Å²) >= 11 is 0. The molecule has 8 nitrogen and oxygen atoms in total. The zero-order chi connectivity index (χ0) is 23.3. The Balaban J connectivity index is 3.02. The molecule has 2 amide bonds. The van der Waals surface area contributed by atoms with Gasteiger partial charge in [-0.3, -0.25) is 5.32 Å². The number of carbonyl (C=O) groups is 3. The van der Waals surface area contributed by atoms with E-state index in [4.69, 9.17) is 14.2 Å². The first-order valence-corrected chi connectivity index (χ1v) is 9.77. The second-order valence-electron chi connectivity index (χ2n) is 9.86. The zero-order valence-electron chi connectivity index (χ0n) is 19.3. The third-order valence-corrected chi connectivity index (χ3v) is 3.19. The number of ether oxygens (including phenoxy) is 3. The van der Waals surface area contributed by atoms with Crippen LogP contribution < -0.4 is 10.6 Å². The van der Waals surface area contributed by atoms with E-state index >= 15 is 0 Å². The van der Waals surface area contributed by atoms with E-state index in [0.29, 0.717) is 11.3 Å². The van der Waals surface area contributed by atoms with Crippen LogP contribution >= 0.6 is 0 Å². The Morgan fingerprint density at radius 3 is 1.57 bits per heavy atom. The van der Waals surface area contributed by atoms with Gasteiger partial charge < -0.3 is 19.5 Å². The van der Waals surface area contributed by atoms with Crippen LogP contribution in [0.5, 0.6) is 0 Å². The van der Waals surface area contributed by atoms with Gasteiger partial charge >= 0.3 is 18.2 Å². The van der Waals surface area contributed by atoms with Crippen LogP contribution in [0, 0.1) is 0 Å². The van der Waals surface area contributed by atoms with Crippen molar-refractivity contribution < 1.29 is 28.6 Å². The normalized spacial score (nSPS) is 13.1. The minimum absolute atomic E-state index is 0.477. The molecule has 1 unspecified atom stereocenters. The lowest BCUT2D eigenvalue weighted by Crippen LogP contribution is -2.40. The minimum Gasteiger partial charge on any atom is -0.458 e. The van der Waals surface area contributed by atoms with Gasteiger partial charge in [-0.15, -0.1) is 0 Å². The van der Waals surface area contributed by atoms with E-state index in [2.05, 4.69) is 10.6 Å². The maximum absolute atomic E-state index is 12.7. The molecule has 1 rings (SSSR count). The molecule has 1 atom stereocenters. The van der Waals surface area contributed by atoms with Crippen LogP contribution in [0.3, 0.4) is 0 Å². The number of carbonyl (C=O) groups excluding carboxylic acids is 3. The molecule has 0 fully saturated rings. The van der Waals surface area contributed by atoms with Gasteiger partial charge in [-0.2, -0.15) is 0 Å². The number of esters is 1. The van der Waals surface area contributed by atoms with E-state index in [-0.39, 0.29) is 0 Å². The quantitative estimate of drug-likeness (QED) is 0.526. The van der Waals surface area contributed by atoms with Crippen molar-refractivity contribution in [1.29, 1.82) is 0 Å². The van der Waals surface area contributed by atoms with Crippen molar-refractivity contribution in [3.05, 3.63) is 29.8 Å². The van der Waals surface area contributed by atoms with Crippen molar-refractivity contribution in [3.63, 3.8) is 0 Å². The van der Waals surface area contributed by atoms with Crippen molar-refractivity contribution in [2.45, 2.75) is 85.2 Å². The lowest BCUT2D eigenvalue weighted by molar-refractivity contribution is -0.157. The van der Waals surface area contributed by atoms with Crippen LogP contribution in [0.4, 0.5) is 15.3 Å². The van der Waals surface area contributed by atoms with Gasteiger partial charge in [0.25, 0.3) is 0 Å². The molecule has 0 aliphatic heterocycles. The summed E-state index contributed by atoms with van der Waals surface area (Å²) in [5.74, 6) is -0.624. The van der Waals surface area contributed by atoms with Gasteiger partial charge in [0.05, 0.1) is 0 Å². The first kappa shape index (κ1) is 25.3. The Morgan fingerprint density at radius 2 is 1.13 bits per heavy atom. The van der Waals surface area contributed by atoms with Crippen LogP contribution in [-0.4, -0.2) is 35.0 Å². The SMILES string of the molecule is CC(C)(C)OC(=O)Nc1ccc(C(NC(=O)OC(C)(C)C)C(=O)OC(C)(C)C)cc1. The average molecular weight is 423 g/mol. The lowest BCUT2D eigenvalue weighted by Gasteiger charge is -2.26. The fourth-order valence-corrected chi connectivity index (χ4v) is 2.24. The summed E-state index contributed by atoms with van der Waals surface area (Å²) in [6.45, 7) is 15.7. The summed E-state index contributed by atoms with van der Waals surface area (Å²) in [6.07, 6.45) is -1.33. The Labute approximate surface area is 178 Å². The monoisotopic (exact) mass is 422 g/mol. The molecular weight excluding hydrogens is 388 g/mol. The van der Waals surface area contributed by atoms with Crippen LogP contribution in [0.1, 0.15) is 73.9 Å². The molecule has 168 valence electrons. The third kappa shape index (κ3) is 10.1. The van der Waals surface area contributed by atoms with Gasteiger partial charge in [0.2, 0.25) is 0 Å². The molecular formula is C22H34N2O6. The Bertz CT molecular complexity index is 752. The fourth-order valence-electron chi connectivity index (χ4n) is 2.24. The maximum atomic E-state index is 12.7. The largest absolute Gasteiger partial charge is 0.458 e. The number of hydrogen-bond acceptors (Lipinski definition) is 6. The molecule has 0 aromatic heterocycles. The van der Waals surface area contributed by atoms with E-state index in [0.717, 1.165) is 0 Å². The second kappa shape index (κ2) is 9.36. The van der Waals surface area contributed by atoms with Crippen molar-refractivity contribution in [3.8, 4) is 0 Å². The Kier molecular flexibility index (Phi) is 7.89. The molecule has 1 aromatic rings. The summed E-state index contributed by atoms with van der Waals surface area (Å²) < 4.78 is 15.9. The number of amides is 2. The van der Waals surface area contributed by atoms with Gasteiger partial charge in [-0.25, -0.2) is 14.4 Å². The van der Waals surface area contributed by atoms with Crippen molar-refractivity contribution in [2.24, 2.45) is 0 Å². The van der Waals surface area contributed by atoms with Crippen molar-refractivity contribution >= 4 is 23.8 Å². The van der Waals surface area contributed by atoms with Gasteiger partial charge in [0, 0.05) is 5.69 Å². The number of hydrogen-bond donors (Lipinski definition) is 2. The summed E-state index contributed by atoms with van der Waals surface area (Å²) in [5.41, 5.74) is -1.12. The number of rotatable bonds is 4. The molecule has 0 spiro atoms. The summed E-state index contributed by atoms with van der Waals surface area (Å²) in [4.78, 5) is 36.8. The third-order valence-electron chi connectivity index (χ3n) is 3.19. The highest BCUT2D eigenvalue weighted by atomic mass is 16.6. The first-order valence-electron chi connectivity index (χ1n) is 9.77. The molecule has 0 saturated carbocycles. The van der Waals surface area contributed by atoms with Gasteiger partial charge in [0.15, 0.2) is 6.04 Å². The number of alkyl carbamates (subject to hydrolysis) is 1. The molecule has 1 aromatic carbocycles. The van der Waals surface area contributed by atoms with Crippen LogP contribution in [0.25, 0.3) is 0 Å². The number of benzene rings is 1. The predicted octanol–water partition coefficient (Wildman–Crippen LogP) is 4.94. The van der Waals surface area contributed by atoms with Gasteiger partial charge in [-0.05, 0) is 80.0 Å². The van der Waals surface area contributed by atoms with Crippen molar-refractivity contribution in [2.75, 3.05) is 5.32 Å².